The van der Waals surface area contributed by atoms with Gasteiger partial charge in [0.2, 0.25) is 0 Å². The third-order valence-corrected chi connectivity index (χ3v) is 4.40. The molecule has 2 aromatic carbocycles. The first-order valence-corrected chi connectivity index (χ1v) is 9.42. The monoisotopic (exact) mass is 407 g/mol. The van der Waals surface area contributed by atoms with Crippen LogP contribution in [0.1, 0.15) is 27.9 Å². The van der Waals surface area contributed by atoms with Crippen molar-refractivity contribution in [2.45, 2.75) is 19.8 Å². The smallest absolute Gasteiger partial charge is 0.292 e. The number of ether oxygens (including phenoxy) is 4. The first-order valence-electron chi connectivity index (χ1n) is 9.42. The molecule has 0 aliphatic rings. The fraction of sp³-hybridized carbons (Fsp3) is 0.250. The molecule has 6 nitrogen and oxygen atoms in total. The van der Waals surface area contributed by atoms with Crippen molar-refractivity contribution in [3.8, 4) is 29.3 Å². The van der Waals surface area contributed by atoms with Crippen LogP contribution in [-0.4, -0.2) is 26.1 Å². The molecule has 0 saturated carbocycles. The predicted molar refractivity (Wildman–Crippen MR) is 114 cm³/mol. The quantitative estimate of drug-likeness (QED) is 0.285. The zero-order valence-corrected chi connectivity index (χ0v) is 17.3. The number of hydrogen-bond donors (Lipinski definition) is 0. The fourth-order valence-corrected chi connectivity index (χ4v) is 3.00. The Hall–Kier alpha value is -3.72. The topological polar surface area (TPSA) is 77.8 Å². The Bertz CT molecular complexity index is 959. The normalized spacial score (nSPS) is 9.90. The molecule has 0 atom stereocenters. The molecule has 0 aliphatic heterocycles. The van der Waals surface area contributed by atoms with Crippen LogP contribution in [0.2, 0.25) is 0 Å². The maximum absolute atomic E-state index is 12.9. The molecule has 0 unspecified atom stereocenters. The second-order valence-electron chi connectivity index (χ2n) is 6.35. The summed E-state index contributed by atoms with van der Waals surface area (Å²) < 4.78 is 21.6. The van der Waals surface area contributed by atoms with Gasteiger partial charge in [-0.1, -0.05) is 31.4 Å². The minimum absolute atomic E-state index is 0.0682. The molecule has 0 radical (unpaired) electrons. The minimum atomic E-state index is -0.0682. The Balaban J connectivity index is 2.21. The Morgan fingerprint density at radius 3 is 2.50 bits per heavy atom. The van der Waals surface area contributed by atoms with Crippen molar-refractivity contribution >= 4 is 5.78 Å². The van der Waals surface area contributed by atoms with Crippen LogP contribution in [0, 0.1) is 18.4 Å². The van der Waals surface area contributed by atoms with Crippen LogP contribution in [0.15, 0.2) is 55.6 Å². The molecule has 156 valence electrons. The molecule has 2 aromatic rings. The SMILES string of the molecule is C=CCOc1ccc(C(=O)CCc2ccc(OC#N)c(C)c2OC)c(OCC=C)c1. The summed E-state index contributed by atoms with van der Waals surface area (Å²) in [4.78, 5) is 12.9. The van der Waals surface area contributed by atoms with Crippen LogP contribution < -0.4 is 18.9 Å². The lowest BCUT2D eigenvalue weighted by Crippen LogP contribution is -2.07. The molecule has 30 heavy (non-hydrogen) atoms. The molecule has 2 rings (SSSR count). The van der Waals surface area contributed by atoms with Crippen LogP contribution in [-0.2, 0) is 6.42 Å². The van der Waals surface area contributed by atoms with Gasteiger partial charge in [0.05, 0.1) is 12.7 Å². The Labute approximate surface area is 176 Å². The average Bonchev–Trinajstić information content (AvgIpc) is 2.76. The van der Waals surface area contributed by atoms with Gasteiger partial charge >= 0.3 is 0 Å². The van der Waals surface area contributed by atoms with Gasteiger partial charge in [0.15, 0.2) is 5.78 Å². The largest absolute Gasteiger partial charge is 0.496 e. The molecule has 0 aliphatic carbocycles. The highest BCUT2D eigenvalue weighted by Gasteiger charge is 2.17. The van der Waals surface area contributed by atoms with E-state index in [0.29, 0.717) is 47.2 Å². The van der Waals surface area contributed by atoms with Crippen molar-refractivity contribution in [1.82, 2.24) is 0 Å². The van der Waals surface area contributed by atoms with Gasteiger partial charge in [0.25, 0.3) is 6.26 Å². The molecule has 0 saturated heterocycles. The second kappa shape index (κ2) is 11.3. The maximum atomic E-state index is 12.9. The first-order chi connectivity index (χ1) is 14.5. The molecule has 0 fully saturated rings. The number of hydrogen-bond acceptors (Lipinski definition) is 6. The molecule has 0 bridgehead atoms. The number of rotatable bonds is 12. The number of aryl methyl sites for hydroxylation is 1. The summed E-state index contributed by atoms with van der Waals surface area (Å²) in [5.74, 6) is 2.01. The highest BCUT2D eigenvalue weighted by molar-refractivity contribution is 5.99. The van der Waals surface area contributed by atoms with E-state index in [1.54, 1.807) is 62.8 Å². The van der Waals surface area contributed by atoms with Crippen LogP contribution in [0.25, 0.3) is 0 Å². The van der Waals surface area contributed by atoms with Crippen molar-refractivity contribution < 1.29 is 23.7 Å². The summed E-state index contributed by atoms with van der Waals surface area (Å²) >= 11 is 0. The van der Waals surface area contributed by atoms with Crippen LogP contribution in [0.5, 0.6) is 23.0 Å². The number of nitriles is 1. The molecular formula is C24H25NO5. The van der Waals surface area contributed by atoms with Gasteiger partial charge in [-0.25, -0.2) is 0 Å². The minimum Gasteiger partial charge on any atom is -0.496 e. The lowest BCUT2D eigenvalue weighted by molar-refractivity contribution is 0.0979. The third kappa shape index (κ3) is 5.65. The average molecular weight is 407 g/mol. The third-order valence-electron chi connectivity index (χ3n) is 4.40. The molecule has 0 aromatic heterocycles. The number of carbonyl (C=O) groups excluding carboxylic acids is 1. The van der Waals surface area contributed by atoms with E-state index in [2.05, 4.69) is 13.2 Å². The highest BCUT2D eigenvalue weighted by atomic mass is 16.5. The lowest BCUT2D eigenvalue weighted by atomic mass is 9.99. The van der Waals surface area contributed by atoms with Gasteiger partial charge < -0.3 is 18.9 Å². The lowest BCUT2D eigenvalue weighted by Gasteiger charge is -2.14. The van der Waals surface area contributed by atoms with E-state index in [-0.39, 0.29) is 18.8 Å². The van der Waals surface area contributed by atoms with E-state index in [4.69, 9.17) is 24.2 Å². The van der Waals surface area contributed by atoms with Gasteiger partial charge in [0, 0.05) is 18.1 Å². The second-order valence-corrected chi connectivity index (χ2v) is 6.35. The number of methoxy groups -OCH3 is 1. The first kappa shape index (κ1) is 22.6. The van der Waals surface area contributed by atoms with Gasteiger partial charge in [-0.15, -0.1) is 5.26 Å². The standard InChI is InChI=1S/C24H25NO5/c1-5-13-28-19-9-10-20(23(15-19)29-14-6-2)21(26)11-7-18-8-12-22(30-16-25)17(3)24(18)27-4/h5-6,8-10,12,15H,1-2,7,11,13-14H2,3-4H3. The van der Waals surface area contributed by atoms with Crippen molar-refractivity contribution in [2.75, 3.05) is 20.3 Å². The molecule has 6 heteroatoms. The number of nitrogens with zero attached hydrogens (tertiary/aromatic N) is 1. The Morgan fingerprint density at radius 2 is 1.83 bits per heavy atom. The van der Waals surface area contributed by atoms with E-state index in [9.17, 15) is 4.79 Å². The van der Waals surface area contributed by atoms with E-state index in [0.717, 1.165) is 5.56 Å². The summed E-state index contributed by atoms with van der Waals surface area (Å²) in [7, 11) is 1.55. The van der Waals surface area contributed by atoms with Crippen LogP contribution in [0.3, 0.4) is 0 Å². The number of Topliss-reactive ketones (excluding diaryl/α,β-unsaturated/α-hetero) is 1. The molecule has 0 spiro atoms. The van der Waals surface area contributed by atoms with Crippen LogP contribution >= 0.6 is 0 Å². The molecular weight excluding hydrogens is 382 g/mol. The van der Waals surface area contributed by atoms with Crippen molar-refractivity contribution in [3.63, 3.8) is 0 Å². The summed E-state index contributed by atoms with van der Waals surface area (Å²) in [6.45, 7) is 9.71. The molecule has 0 N–H and O–H groups in total. The van der Waals surface area contributed by atoms with Gasteiger partial charge in [-0.05, 0) is 37.1 Å². The zero-order chi connectivity index (χ0) is 21.9. The van der Waals surface area contributed by atoms with E-state index in [1.807, 2.05) is 0 Å². The Morgan fingerprint density at radius 1 is 1.10 bits per heavy atom. The highest BCUT2D eigenvalue weighted by Crippen LogP contribution is 2.33. The van der Waals surface area contributed by atoms with E-state index in [1.165, 1.54) is 0 Å². The number of carbonyl (C=O) groups is 1. The van der Waals surface area contributed by atoms with Crippen molar-refractivity contribution in [1.29, 1.82) is 5.26 Å². The van der Waals surface area contributed by atoms with E-state index >= 15 is 0 Å². The maximum Gasteiger partial charge on any atom is 0.292 e. The van der Waals surface area contributed by atoms with Gasteiger partial charge in [0.1, 0.15) is 36.2 Å². The van der Waals surface area contributed by atoms with Gasteiger partial charge in [-0.3, -0.25) is 4.79 Å². The fourth-order valence-electron chi connectivity index (χ4n) is 3.00. The Kier molecular flexibility index (Phi) is 8.52. The molecule has 0 amide bonds. The van der Waals surface area contributed by atoms with Gasteiger partial charge in [-0.2, -0.15) is 0 Å². The van der Waals surface area contributed by atoms with Crippen molar-refractivity contribution in [3.05, 3.63) is 72.3 Å². The summed E-state index contributed by atoms with van der Waals surface area (Å²) in [5, 5.41) is 8.74. The van der Waals surface area contributed by atoms with E-state index < -0.39 is 0 Å². The zero-order valence-electron chi connectivity index (χ0n) is 17.3. The number of benzene rings is 2. The summed E-state index contributed by atoms with van der Waals surface area (Å²) in [5.41, 5.74) is 2.04. The number of ketones is 1. The summed E-state index contributed by atoms with van der Waals surface area (Å²) in [6, 6.07) is 8.62. The van der Waals surface area contributed by atoms with Crippen LogP contribution in [0.4, 0.5) is 0 Å². The predicted octanol–water partition coefficient (Wildman–Crippen LogP) is 4.81. The summed E-state index contributed by atoms with van der Waals surface area (Å²) in [6.07, 6.45) is 5.64. The van der Waals surface area contributed by atoms with Crippen molar-refractivity contribution in [2.24, 2.45) is 0 Å². The molecule has 0 heterocycles.